The molecular formula is C20H21N3O5S3. The fourth-order valence-electron chi connectivity index (χ4n) is 2.82. The van der Waals surface area contributed by atoms with Crippen molar-refractivity contribution in [3.63, 3.8) is 0 Å². The maximum Gasteiger partial charge on any atom is 0.326 e. The Morgan fingerprint density at radius 3 is 2.48 bits per heavy atom. The zero-order valence-electron chi connectivity index (χ0n) is 16.9. The van der Waals surface area contributed by atoms with Crippen LogP contribution in [-0.4, -0.2) is 37.2 Å². The van der Waals surface area contributed by atoms with E-state index in [1.807, 2.05) is 19.1 Å². The van der Waals surface area contributed by atoms with Crippen molar-refractivity contribution in [2.75, 3.05) is 12.4 Å². The summed E-state index contributed by atoms with van der Waals surface area (Å²) in [4.78, 5) is 30.3. The van der Waals surface area contributed by atoms with Gasteiger partial charge in [-0.25, -0.2) is 13.6 Å². The normalized spacial score (nSPS) is 12.3. The summed E-state index contributed by atoms with van der Waals surface area (Å²) in [7, 11) is -3.90. The molecule has 0 saturated heterocycles. The van der Waals surface area contributed by atoms with Gasteiger partial charge < -0.3 is 9.30 Å². The van der Waals surface area contributed by atoms with E-state index in [1.165, 1.54) is 22.8 Å². The van der Waals surface area contributed by atoms with Crippen molar-refractivity contribution in [2.24, 2.45) is 10.1 Å². The molecule has 2 N–H and O–H groups in total. The number of amides is 1. The van der Waals surface area contributed by atoms with Crippen molar-refractivity contribution in [2.45, 2.75) is 30.2 Å². The number of primary sulfonamides is 1. The Morgan fingerprint density at radius 1 is 1.16 bits per heavy atom. The van der Waals surface area contributed by atoms with Crippen molar-refractivity contribution in [1.29, 1.82) is 0 Å². The van der Waals surface area contributed by atoms with Crippen molar-refractivity contribution in [1.82, 2.24) is 4.57 Å². The smallest absolute Gasteiger partial charge is 0.326 e. The predicted octanol–water partition coefficient (Wildman–Crippen LogP) is 2.77. The van der Waals surface area contributed by atoms with E-state index in [2.05, 4.69) is 4.99 Å². The molecule has 3 rings (SSSR count). The van der Waals surface area contributed by atoms with Crippen molar-refractivity contribution in [3.05, 3.63) is 52.8 Å². The van der Waals surface area contributed by atoms with Crippen LogP contribution >= 0.6 is 23.1 Å². The van der Waals surface area contributed by atoms with Crippen molar-refractivity contribution in [3.8, 4) is 0 Å². The first-order valence-corrected chi connectivity index (χ1v) is 12.7. The summed E-state index contributed by atoms with van der Waals surface area (Å²) in [6, 6.07) is 11.4. The Hall–Kier alpha value is -2.47. The molecule has 164 valence electrons. The highest BCUT2D eigenvalue weighted by Crippen LogP contribution is 2.22. The summed E-state index contributed by atoms with van der Waals surface area (Å²) < 4.78 is 30.5. The van der Waals surface area contributed by atoms with Crippen LogP contribution in [0.25, 0.3) is 10.2 Å². The Morgan fingerprint density at radius 2 is 1.87 bits per heavy atom. The largest absolute Gasteiger partial charge is 0.465 e. The molecule has 1 heterocycles. The van der Waals surface area contributed by atoms with Crippen LogP contribution in [0.4, 0.5) is 0 Å². The number of carbonyl (C=O) groups excluding carboxylic acids is 2. The Kier molecular flexibility index (Phi) is 7.31. The van der Waals surface area contributed by atoms with E-state index < -0.39 is 21.9 Å². The van der Waals surface area contributed by atoms with E-state index in [4.69, 9.17) is 9.88 Å². The van der Waals surface area contributed by atoms with Crippen LogP contribution in [0.2, 0.25) is 0 Å². The van der Waals surface area contributed by atoms with E-state index in [0.29, 0.717) is 15.8 Å². The molecule has 0 bridgehead atoms. The topological polar surface area (TPSA) is 121 Å². The van der Waals surface area contributed by atoms with E-state index in [-0.39, 0.29) is 22.8 Å². The lowest BCUT2D eigenvalue weighted by atomic mass is 10.2. The van der Waals surface area contributed by atoms with Crippen molar-refractivity contribution >= 4 is 55.2 Å². The van der Waals surface area contributed by atoms with Crippen LogP contribution in [0, 0.1) is 0 Å². The maximum atomic E-state index is 12.7. The summed E-state index contributed by atoms with van der Waals surface area (Å²) in [5.41, 5.74) is 0.956. The second-order valence-corrected chi connectivity index (χ2v) is 10.2. The van der Waals surface area contributed by atoms with Gasteiger partial charge in [-0.2, -0.15) is 4.99 Å². The summed E-state index contributed by atoms with van der Waals surface area (Å²) in [5, 5.41) is 5.22. The van der Waals surface area contributed by atoms with E-state index in [1.54, 1.807) is 30.8 Å². The third-order valence-electron chi connectivity index (χ3n) is 4.18. The monoisotopic (exact) mass is 479 g/mol. The molecule has 0 atom stereocenters. The molecule has 0 radical (unpaired) electrons. The molecule has 3 aromatic rings. The number of benzene rings is 2. The van der Waals surface area contributed by atoms with E-state index >= 15 is 0 Å². The van der Waals surface area contributed by atoms with Gasteiger partial charge in [0.25, 0.3) is 5.91 Å². The number of fused-ring (bicyclic) bond motifs is 1. The lowest BCUT2D eigenvalue weighted by molar-refractivity contribution is -0.143. The number of ether oxygens (including phenoxy) is 1. The van der Waals surface area contributed by atoms with Crippen LogP contribution in [0.15, 0.2) is 57.2 Å². The number of hydrogen-bond donors (Lipinski definition) is 1. The van der Waals surface area contributed by atoms with Crippen LogP contribution in [-0.2, 0) is 26.1 Å². The van der Waals surface area contributed by atoms with Gasteiger partial charge in [0.05, 0.1) is 21.7 Å². The molecule has 0 aliphatic heterocycles. The summed E-state index contributed by atoms with van der Waals surface area (Å²) >= 11 is 2.76. The summed E-state index contributed by atoms with van der Waals surface area (Å²) in [5.74, 6) is -0.0372. The molecule has 8 nitrogen and oxygen atoms in total. The Bertz CT molecular complexity index is 1290. The molecule has 0 unspecified atom stereocenters. The van der Waals surface area contributed by atoms with Gasteiger partial charge >= 0.3 is 5.97 Å². The van der Waals surface area contributed by atoms with Gasteiger partial charge in [0.15, 0.2) is 4.80 Å². The van der Waals surface area contributed by atoms with Crippen LogP contribution < -0.4 is 9.94 Å². The molecule has 2 aromatic carbocycles. The number of esters is 1. The number of thioether (sulfide) groups is 1. The summed E-state index contributed by atoms with van der Waals surface area (Å²) in [6.07, 6.45) is 0. The highest BCUT2D eigenvalue weighted by atomic mass is 32.2. The average molecular weight is 480 g/mol. The van der Waals surface area contributed by atoms with Gasteiger partial charge in [0, 0.05) is 10.5 Å². The number of nitrogens with two attached hydrogens (primary N) is 1. The molecule has 0 aliphatic rings. The van der Waals surface area contributed by atoms with Gasteiger partial charge in [0.2, 0.25) is 10.0 Å². The molecule has 0 spiro atoms. The van der Waals surface area contributed by atoms with Gasteiger partial charge in [0.1, 0.15) is 6.54 Å². The zero-order chi connectivity index (χ0) is 22.6. The first-order valence-electron chi connectivity index (χ1n) is 9.36. The Balaban J connectivity index is 2.09. The fourth-order valence-corrected chi connectivity index (χ4v) is 5.16. The van der Waals surface area contributed by atoms with Crippen LogP contribution in [0.3, 0.4) is 0 Å². The number of hydrogen-bond acceptors (Lipinski definition) is 7. The number of aromatic nitrogens is 1. The SMILES string of the molecule is CCOC(=O)Cn1c(=NC(=O)c2ccc(SCC)cc2)sc2cc(S(N)(=O)=O)ccc21. The predicted molar refractivity (Wildman–Crippen MR) is 121 cm³/mol. The Labute approximate surface area is 187 Å². The molecule has 0 fully saturated rings. The second kappa shape index (κ2) is 9.77. The number of sulfonamides is 1. The number of carbonyl (C=O) groups is 2. The molecule has 1 amide bonds. The standard InChI is InChI=1S/C20H21N3O5S3/c1-3-28-18(24)12-23-16-10-9-15(31(21,26)27)11-17(16)30-20(23)22-19(25)13-5-7-14(8-6-13)29-4-2/h5-11H,3-4,12H2,1-2H3,(H2,21,26,27). The highest BCUT2D eigenvalue weighted by molar-refractivity contribution is 7.99. The first-order chi connectivity index (χ1) is 14.7. The van der Waals surface area contributed by atoms with Gasteiger partial charge in [-0.3, -0.25) is 9.59 Å². The molecule has 1 aromatic heterocycles. The molecule has 0 aliphatic carbocycles. The number of thiazole rings is 1. The third kappa shape index (κ3) is 5.62. The number of rotatable bonds is 7. The molecule has 11 heteroatoms. The summed E-state index contributed by atoms with van der Waals surface area (Å²) in [6.45, 7) is 3.79. The molecule has 0 saturated carbocycles. The van der Waals surface area contributed by atoms with E-state index in [0.717, 1.165) is 22.0 Å². The van der Waals surface area contributed by atoms with E-state index in [9.17, 15) is 18.0 Å². The lowest BCUT2D eigenvalue weighted by Crippen LogP contribution is -2.23. The minimum absolute atomic E-state index is 0.0635. The minimum Gasteiger partial charge on any atom is -0.465 e. The van der Waals surface area contributed by atoms with Crippen molar-refractivity contribution < 1.29 is 22.7 Å². The van der Waals surface area contributed by atoms with Crippen LogP contribution in [0.5, 0.6) is 0 Å². The van der Waals surface area contributed by atoms with Gasteiger partial charge in [-0.15, -0.1) is 11.8 Å². The lowest BCUT2D eigenvalue weighted by Gasteiger charge is -2.05. The average Bonchev–Trinajstić information content (AvgIpc) is 3.04. The van der Waals surface area contributed by atoms with Gasteiger partial charge in [-0.05, 0) is 55.1 Å². The van der Waals surface area contributed by atoms with Crippen LogP contribution in [0.1, 0.15) is 24.2 Å². The fraction of sp³-hybridized carbons (Fsp3) is 0.250. The number of nitrogens with zero attached hydrogens (tertiary/aromatic N) is 2. The second-order valence-electron chi connectivity index (χ2n) is 6.32. The quantitative estimate of drug-likeness (QED) is 0.411. The third-order valence-corrected chi connectivity index (χ3v) is 7.03. The molecular weight excluding hydrogens is 458 g/mol. The first kappa shape index (κ1) is 23.2. The zero-order valence-corrected chi connectivity index (χ0v) is 19.4. The highest BCUT2D eigenvalue weighted by Gasteiger charge is 2.16. The molecule has 31 heavy (non-hydrogen) atoms. The maximum absolute atomic E-state index is 12.7. The minimum atomic E-state index is -3.90. The van der Waals surface area contributed by atoms with Gasteiger partial charge in [-0.1, -0.05) is 18.3 Å².